The van der Waals surface area contributed by atoms with E-state index in [-0.39, 0.29) is 0 Å². The maximum absolute atomic E-state index is 5.14. The number of rotatable bonds is 3. The van der Waals surface area contributed by atoms with Crippen molar-refractivity contribution in [3.8, 4) is 5.75 Å². The van der Waals surface area contributed by atoms with E-state index in [4.69, 9.17) is 4.74 Å². The van der Waals surface area contributed by atoms with Gasteiger partial charge in [0.2, 0.25) is 0 Å². The molecule has 2 aromatic carbocycles. The Morgan fingerprint density at radius 2 is 1.76 bits per heavy atom. The monoisotopic (exact) mass is 308 g/mol. The molecule has 0 saturated carbocycles. The molecule has 0 aromatic heterocycles. The molecule has 1 nitrogen and oxygen atoms in total. The molecule has 0 aliphatic carbocycles. The fraction of sp³-hybridized carbons (Fsp3) is 0.143. The minimum absolute atomic E-state index is 0.886. The minimum atomic E-state index is 0.886. The summed E-state index contributed by atoms with van der Waals surface area (Å²) in [7, 11) is 1.68. The standard InChI is InChI=1S/C14H13BrOS/c1-10-3-8-14(13(15)9-10)17-12-6-4-11(16-2)5-7-12/h3-9H,1-2H3. The topological polar surface area (TPSA) is 9.23 Å². The van der Waals surface area contributed by atoms with Crippen molar-refractivity contribution in [3.63, 3.8) is 0 Å². The summed E-state index contributed by atoms with van der Waals surface area (Å²) in [5, 5.41) is 0. The lowest BCUT2D eigenvalue weighted by atomic mass is 10.2. The van der Waals surface area contributed by atoms with E-state index in [0.717, 1.165) is 10.2 Å². The zero-order valence-electron chi connectivity index (χ0n) is 9.74. The van der Waals surface area contributed by atoms with Gasteiger partial charge in [0, 0.05) is 14.3 Å². The van der Waals surface area contributed by atoms with Gasteiger partial charge >= 0.3 is 0 Å². The minimum Gasteiger partial charge on any atom is -0.497 e. The summed E-state index contributed by atoms with van der Waals surface area (Å²) < 4.78 is 6.28. The predicted molar refractivity (Wildman–Crippen MR) is 76.0 cm³/mol. The van der Waals surface area contributed by atoms with Crippen molar-refractivity contribution in [2.24, 2.45) is 0 Å². The molecule has 0 heterocycles. The Labute approximate surface area is 114 Å². The SMILES string of the molecule is COc1ccc(Sc2ccc(C)cc2Br)cc1. The maximum atomic E-state index is 5.14. The average molecular weight is 309 g/mol. The van der Waals surface area contributed by atoms with Crippen LogP contribution in [0, 0.1) is 6.92 Å². The highest BCUT2D eigenvalue weighted by Gasteiger charge is 2.02. The highest BCUT2D eigenvalue weighted by molar-refractivity contribution is 9.10. The summed E-state index contributed by atoms with van der Waals surface area (Å²) in [6.07, 6.45) is 0. The summed E-state index contributed by atoms with van der Waals surface area (Å²) in [5.74, 6) is 0.886. The Kier molecular flexibility index (Phi) is 4.13. The number of halogens is 1. The van der Waals surface area contributed by atoms with Crippen molar-refractivity contribution in [1.29, 1.82) is 0 Å². The van der Waals surface area contributed by atoms with Gasteiger partial charge in [0.05, 0.1) is 7.11 Å². The van der Waals surface area contributed by atoms with Gasteiger partial charge in [0.1, 0.15) is 5.75 Å². The lowest BCUT2D eigenvalue weighted by molar-refractivity contribution is 0.414. The molecule has 0 bridgehead atoms. The van der Waals surface area contributed by atoms with Crippen LogP contribution in [0.3, 0.4) is 0 Å². The molecule has 2 aromatic rings. The Bertz CT molecular complexity index is 508. The van der Waals surface area contributed by atoms with E-state index in [2.05, 4.69) is 53.2 Å². The average Bonchev–Trinajstić information content (AvgIpc) is 2.34. The fourth-order valence-electron chi connectivity index (χ4n) is 1.46. The van der Waals surface area contributed by atoms with Crippen molar-refractivity contribution in [2.75, 3.05) is 7.11 Å². The molecule has 0 radical (unpaired) electrons. The van der Waals surface area contributed by atoms with Gasteiger partial charge < -0.3 is 4.74 Å². The fourth-order valence-corrected chi connectivity index (χ4v) is 3.01. The van der Waals surface area contributed by atoms with Gasteiger partial charge in [-0.2, -0.15) is 0 Å². The molecule has 17 heavy (non-hydrogen) atoms. The summed E-state index contributed by atoms with van der Waals surface area (Å²) >= 11 is 5.33. The second-order valence-electron chi connectivity index (χ2n) is 3.71. The highest BCUT2D eigenvalue weighted by Crippen LogP contribution is 2.34. The normalized spacial score (nSPS) is 10.3. The number of benzene rings is 2. The van der Waals surface area contributed by atoms with Gasteiger partial charge in [0.15, 0.2) is 0 Å². The predicted octanol–water partition coefficient (Wildman–Crippen LogP) is 4.92. The first-order chi connectivity index (χ1) is 8.19. The Hall–Kier alpha value is -0.930. The van der Waals surface area contributed by atoms with Gasteiger partial charge in [-0.15, -0.1) is 0 Å². The van der Waals surface area contributed by atoms with Crippen molar-refractivity contribution < 1.29 is 4.74 Å². The van der Waals surface area contributed by atoms with Gasteiger partial charge in [0.25, 0.3) is 0 Å². The van der Waals surface area contributed by atoms with Gasteiger partial charge in [-0.1, -0.05) is 17.8 Å². The lowest BCUT2D eigenvalue weighted by Gasteiger charge is -2.06. The highest BCUT2D eigenvalue weighted by atomic mass is 79.9. The second kappa shape index (κ2) is 5.61. The summed E-state index contributed by atoms with van der Waals surface area (Å²) in [5.41, 5.74) is 1.26. The molecule has 2 rings (SSSR count). The second-order valence-corrected chi connectivity index (χ2v) is 5.68. The summed E-state index contributed by atoms with van der Waals surface area (Å²) in [4.78, 5) is 2.43. The summed E-state index contributed by atoms with van der Waals surface area (Å²) in [6, 6.07) is 14.5. The van der Waals surface area contributed by atoms with E-state index in [1.165, 1.54) is 15.4 Å². The first-order valence-corrected chi connectivity index (χ1v) is 6.88. The molecule has 0 aliphatic heterocycles. The van der Waals surface area contributed by atoms with Crippen LogP contribution in [0.15, 0.2) is 56.7 Å². The molecule has 0 aliphatic rings. The van der Waals surface area contributed by atoms with Crippen molar-refractivity contribution >= 4 is 27.7 Å². The molecule has 0 unspecified atom stereocenters. The van der Waals surface area contributed by atoms with Crippen molar-refractivity contribution in [3.05, 3.63) is 52.5 Å². The van der Waals surface area contributed by atoms with Gasteiger partial charge in [-0.05, 0) is 64.8 Å². The number of hydrogen-bond donors (Lipinski definition) is 0. The van der Waals surface area contributed by atoms with E-state index in [1.807, 2.05) is 12.1 Å². The number of hydrogen-bond acceptors (Lipinski definition) is 2. The largest absolute Gasteiger partial charge is 0.497 e. The smallest absolute Gasteiger partial charge is 0.118 e. The molecule has 3 heteroatoms. The van der Waals surface area contributed by atoms with Crippen LogP contribution in [0.4, 0.5) is 0 Å². The zero-order valence-corrected chi connectivity index (χ0v) is 12.1. The van der Waals surface area contributed by atoms with Crippen LogP contribution >= 0.6 is 27.7 Å². The van der Waals surface area contributed by atoms with Gasteiger partial charge in [-0.3, -0.25) is 0 Å². The third-order valence-corrected chi connectivity index (χ3v) is 4.38. The molecule has 0 amide bonds. The first-order valence-electron chi connectivity index (χ1n) is 5.27. The number of aryl methyl sites for hydroxylation is 1. The maximum Gasteiger partial charge on any atom is 0.118 e. The van der Waals surface area contributed by atoms with E-state index >= 15 is 0 Å². The third kappa shape index (κ3) is 3.27. The molecule has 0 fully saturated rings. The number of methoxy groups -OCH3 is 1. The molecule has 0 spiro atoms. The molecule has 88 valence electrons. The van der Waals surface area contributed by atoms with Crippen LogP contribution < -0.4 is 4.74 Å². The Balaban J connectivity index is 2.19. The molecular weight excluding hydrogens is 296 g/mol. The van der Waals surface area contributed by atoms with Gasteiger partial charge in [-0.25, -0.2) is 0 Å². The van der Waals surface area contributed by atoms with E-state index in [9.17, 15) is 0 Å². The van der Waals surface area contributed by atoms with E-state index in [0.29, 0.717) is 0 Å². The van der Waals surface area contributed by atoms with Crippen LogP contribution in [-0.2, 0) is 0 Å². The van der Waals surface area contributed by atoms with Crippen molar-refractivity contribution in [1.82, 2.24) is 0 Å². The summed E-state index contributed by atoms with van der Waals surface area (Å²) in [6.45, 7) is 2.09. The van der Waals surface area contributed by atoms with E-state index in [1.54, 1.807) is 18.9 Å². The Morgan fingerprint density at radius 3 is 2.35 bits per heavy atom. The van der Waals surface area contributed by atoms with Crippen LogP contribution in [0.2, 0.25) is 0 Å². The van der Waals surface area contributed by atoms with Crippen LogP contribution in [-0.4, -0.2) is 7.11 Å². The molecule has 0 saturated heterocycles. The molecule has 0 N–H and O–H groups in total. The first kappa shape index (κ1) is 12.5. The number of ether oxygens (including phenoxy) is 1. The Morgan fingerprint density at radius 1 is 1.06 bits per heavy atom. The quantitative estimate of drug-likeness (QED) is 0.796. The lowest BCUT2D eigenvalue weighted by Crippen LogP contribution is -1.82. The van der Waals surface area contributed by atoms with Crippen molar-refractivity contribution in [2.45, 2.75) is 16.7 Å². The van der Waals surface area contributed by atoms with Crippen LogP contribution in [0.5, 0.6) is 5.75 Å². The molecular formula is C14H13BrOS. The van der Waals surface area contributed by atoms with E-state index < -0.39 is 0 Å². The molecule has 0 atom stereocenters. The van der Waals surface area contributed by atoms with Crippen LogP contribution in [0.1, 0.15) is 5.56 Å². The van der Waals surface area contributed by atoms with Crippen LogP contribution in [0.25, 0.3) is 0 Å². The third-order valence-electron chi connectivity index (χ3n) is 2.37. The zero-order chi connectivity index (χ0) is 12.3.